The van der Waals surface area contributed by atoms with Crippen molar-refractivity contribution in [3.05, 3.63) is 18.2 Å². The molecule has 0 unspecified atom stereocenters. The number of rotatable bonds is 8. The molecule has 7 nitrogen and oxygen atoms in total. The first-order valence-corrected chi connectivity index (χ1v) is 9.49. The predicted octanol–water partition coefficient (Wildman–Crippen LogP) is 1.05. The molecule has 1 aromatic carbocycles. The van der Waals surface area contributed by atoms with E-state index in [1.807, 2.05) is 6.92 Å². The van der Waals surface area contributed by atoms with E-state index in [4.69, 9.17) is 14.2 Å². The standard InChI is InChI=1S/C16H26N2O5S/c1-4-23-12-11-17-7-9-18(10-8-17)24(19,20)16-13-14(21-2)5-6-15(16)22-3/h5-6,13H,4,7-12H2,1-3H3. The van der Waals surface area contributed by atoms with Gasteiger partial charge in [-0.3, -0.25) is 4.90 Å². The first kappa shape index (κ1) is 19.0. The second-order valence-electron chi connectivity index (χ2n) is 5.46. The third-order valence-electron chi connectivity index (χ3n) is 4.08. The summed E-state index contributed by atoms with van der Waals surface area (Å²) >= 11 is 0. The molecule has 0 aromatic heterocycles. The Morgan fingerprint density at radius 2 is 1.79 bits per heavy atom. The topological polar surface area (TPSA) is 68.3 Å². The summed E-state index contributed by atoms with van der Waals surface area (Å²) in [6.45, 7) is 6.45. The molecule has 8 heteroatoms. The molecule has 1 aliphatic heterocycles. The number of benzene rings is 1. The fourth-order valence-corrected chi connectivity index (χ4v) is 4.25. The Morgan fingerprint density at radius 1 is 1.08 bits per heavy atom. The lowest BCUT2D eigenvalue weighted by atomic mass is 10.3. The monoisotopic (exact) mass is 358 g/mol. The molecule has 0 atom stereocenters. The van der Waals surface area contributed by atoms with E-state index in [0.29, 0.717) is 50.9 Å². The van der Waals surface area contributed by atoms with Crippen LogP contribution in [0.2, 0.25) is 0 Å². The summed E-state index contributed by atoms with van der Waals surface area (Å²) in [4.78, 5) is 2.36. The Balaban J connectivity index is 2.09. The SMILES string of the molecule is CCOCCN1CCN(S(=O)(=O)c2cc(OC)ccc2OC)CC1. The molecule has 2 rings (SSSR count). The average molecular weight is 358 g/mol. The van der Waals surface area contributed by atoms with Gasteiger partial charge in [0.25, 0.3) is 0 Å². The first-order valence-electron chi connectivity index (χ1n) is 8.05. The minimum absolute atomic E-state index is 0.145. The van der Waals surface area contributed by atoms with Gasteiger partial charge in [0.2, 0.25) is 10.0 Å². The Labute approximate surface area is 144 Å². The Hall–Kier alpha value is -1.35. The molecule has 1 aliphatic rings. The van der Waals surface area contributed by atoms with E-state index in [2.05, 4.69) is 4.90 Å². The van der Waals surface area contributed by atoms with Crippen LogP contribution in [-0.4, -0.2) is 77.8 Å². The number of ether oxygens (including phenoxy) is 3. The second-order valence-corrected chi connectivity index (χ2v) is 7.37. The van der Waals surface area contributed by atoms with Crippen molar-refractivity contribution in [2.75, 3.05) is 60.2 Å². The van der Waals surface area contributed by atoms with E-state index in [-0.39, 0.29) is 4.90 Å². The van der Waals surface area contributed by atoms with E-state index in [1.54, 1.807) is 12.1 Å². The maximum absolute atomic E-state index is 12.9. The molecular formula is C16H26N2O5S. The predicted molar refractivity (Wildman–Crippen MR) is 91.2 cm³/mol. The van der Waals surface area contributed by atoms with E-state index >= 15 is 0 Å². The summed E-state index contributed by atoms with van der Waals surface area (Å²) in [6, 6.07) is 4.81. The minimum atomic E-state index is -3.62. The van der Waals surface area contributed by atoms with Crippen molar-refractivity contribution in [2.45, 2.75) is 11.8 Å². The zero-order valence-corrected chi connectivity index (χ0v) is 15.3. The molecule has 0 spiro atoms. The number of methoxy groups -OCH3 is 2. The van der Waals surface area contributed by atoms with Gasteiger partial charge in [-0.05, 0) is 19.1 Å². The molecular weight excluding hydrogens is 332 g/mol. The van der Waals surface area contributed by atoms with E-state index in [9.17, 15) is 8.42 Å². The maximum atomic E-state index is 12.9. The molecule has 0 saturated carbocycles. The van der Waals surface area contributed by atoms with Gasteiger partial charge in [-0.2, -0.15) is 4.31 Å². The number of hydrogen-bond acceptors (Lipinski definition) is 6. The van der Waals surface area contributed by atoms with Gasteiger partial charge in [-0.1, -0.05) is 0 Å². The first-order chi connectivity index (χ1) is 11.5. The van der Waals surface area contributed by atoms with Gasteiger partial charge < -0.3 is 14.2 Å². The number of piperazine rings is 1. The van der Waals surface area contributed by atoms with Crippen molar-refractivity contribution in [1.82, 2.24) is 9.21 Å². The molecule has 0 bridgehead atoms. The van der Waals surface area contributed by atoms with Gasteiger partial charge in [0.1, 0.15) is 16.4 Å². The van der Waals surface area contributed by atoms with Crippen LogP contribution in [0.25, 0.3) is 0 Å². The van der Waals surface area contributed by atoms with Gasteiger partial charge >= 0.3 is 0 Å². The molecule has 1 aromatic rings. The van der Waals surface area contributed by atoms with Crippen LogP contribution in [0, 0.1) is 0 Å². The van der Waals surface area contributed by atoms with Crippen molar-refractivity contribution in [1.29, 1.82) is 0 Å². The van der Waals surface area contributed by atoms with E-state index in [1.165, 1.54) is 24.6 Å². The van der Waals surface area contributed by atoms with E-state index in [0.717, 1.165) is 6.54 Å². The summed E-state index contributed by atoms with van der Waals surface area (Å²) in [5.41, 5.74) is 0. The zero-order chi connectivity index (χ0) is 17.6. The van der Waals surface area contributed by atoms with Gasteiger partial charge in [0, 0.05) is 45.4 Å². The lowest BCUT2D eigenvalue weighted by Crippen LogP contribution is -2.49. The van der Waals surface area contributed by atoms with Gasteiger partial charge in [0.15, 0.2) is 0 Å². The highest BCUT2D eigenvalue weighted by atomic mass is 32.2. The van der Waals surface area contributed by atoms with Crippen molar-refractivity contribution in [3.8, 4) is 11.5 Å². The highest BCUT2D eigenvalue weighted by Crippen LogP contribution is 2.30. The largest absolute Gasteiger partial charge is 0.497 e. The summed E-state index contributed by atoms with van der Waals surface area (Å²) < 4.78 is 43.1. The van der Waals surface area contributed by atoms with Crippen LogP contribution in [0.15, 0.2) is 23.1 Å². The van der Waals surface area contributed by atoms with Gasteiger partial charge in [0.05, 0.1) is 20.8 Å². The molecule has 1 fully saturated rings. The third-order valence-corrected chi connectivity index (χ3v) is 6.00. The minimum Gasteiger partial charge on any atom is -0.497 e. The molecule has 0 N–H and O–H groups in total. The van der Waals surface area contributed by atoms with Crippen molar-refractivity contribution < 1.29 is 22.6 Å². The van der Waals surface area contributed by atoms with Crippen LogP contribution in [0.5, 0.6) is 11.5 Å². The molecule has 1 heterocycles. The number of sulfonamides is 1. The number of nitrogens with zero attached hydrogens (tertiary/aromatic N) is 2. The average Bonchev–Trinajstić information content (AvgIpc) is 2.61. The quantitative estimate of drug-likeness (QED) is 0.647. The molecule has 0 radical (unpaired) electrons. The summed E-state index contributed by atoms with van der Waals surface area (Å²) in [5, 5.41) is 0. The Bertz CT molecular complexity index is 627. The van der Waals surface area contributed by atoms with Crippen LogP contribution < -0.4 is 9.47 Å². The Kier molecular flexibility index (Phi) is 6.85. The van der Waals surface area contributed by atoms with Crippen LogP contribution in [0.1, 0.15) is 6.92 Å². The fourth-order valence-electron chi connectivity index (χ4n) is 2.66. The lowest BCUT2D eigenvalue weighted by molar-refractivity contribution is 0.0979. The number of hydrogen-bond donors (Lipinski definition) is 0. The highest BCUT2D eigenvalue weighted by molar-refractivity contribution is 7.89. The van der Waals surface area contributed by atoms with Gasteiger partial charge in [-0.15, -0.1) is 0 Å². The van der Waals surface area contributed by atoms with Crippen LogP contribution in [0.4, 0.5) is 0 Å². The lowest BCUT2D eigenvalue weighted by Gasteiger charge is -2.34. The molecule has 1 saturated heterocycles. The van der Waals surface area contributed by atoms with Crippen LogP contribution in [-0.2, 0) is 14.8 Å². The van der Waals surface area contributed by atoms with Crippen molar-refractivity contribution >= 4 is 10.0 Å². The second kappa shape index (κ2) is 8.66. The summed E-state index contributed by atoms with van der Waals surface area (Å²) in [7, 11) is -0.641. The zero-order valence-electron chi connectivity index (χ0n) is 14.5. The molecule has 0 amide bonds. The third kappa shape index (κ3) is 4.38. The summed E-state index contributed by atoms with van der Waals surface area (Å²) in [6.07, 6.45) is 0. The smallest absolute Gasteiger partial charge is 0.246 e. The molecule has 0 aliphatic carbocycles. The van der Waals surface area contributed by atoms with Crippen molar-refractivity contribution in [2.24, 2.45) is 0 Å². The highest BCUT2D eigenvalue weighted by Gasteiger charge is 2.31. The van der Waals surface area contributed by atoms with Crippen LogP contribution in [0.3, 0.4) is 0 Å². The van der Waals surface area contributed by atoms with Crippen LogP contribution >= 0.6 is 0 Å². The Morgan fingerprint density at radius 3 is 2.38 bits per heavy atom. The normalized spacial score (nSPS) is 17.0. The van der Waals surface area contributed by atoms with Crippen molar-refractivity contribution in [3.63, 3.8) is 0 Å². The molecule has 136 valence electrons. The van der Waals surface area contributed by atoms with Gasteiger partial charge in [-0.25, -0.2) is 8.42 Å². The molecule has 24 heavy (non-hydrogen) atoms. The summed E-state index contributed by atoms with van der Waals surface area (Å²) in [5.74, 6) is 0.819. The fraction of sp³-hybridized carbons (Fsp3) is 0.625. The van der Waals surface area contributed by atoms with E-state index < -0.39 is 10.0 Å². The maximum Gasteiger partial charge on any atom is 0.246 e.